The Kier molecular flexibility index (Phi) is 3.21. The van der Waals surface area contributed by atoms with E-state index in [0.717, 1.165) is 18.6 Å². The normalized spacial score (nSPS) is 33.8. The Morgan fingerprint density at radius 3 is 2.76 bits per heavy atom. The number of nitrogens with one attached hydrogen (secondary N) is 2. The third kappa shape index (κ3) is 2.40. The van der Waals surface area contributed by atoms with Crippen LogP contribution < -0.4 is 5.32 Å². The smallest absolute Gasteiger partial charge is 0.0359 e. The minimum absolute atomic E-state index is 0.713. The number of nitrogens with zero attached hydrogens (tertiary/aromatic N) is 1. The molecule has 2 N–H and O–H groups in total. The largest absolute Gasteiger partial charge is 0.364 e. The molecule has 0 amide bonds. The molecule has 0 aromatic carbocycles. The van der Waals surface area contributed by atoms with Gasteiger partial charge in [0.15, 0.2) is 0 Å². The Bertz CT molecular complexity index is 332. The molecule has 1 aromatic rings. The number of piperidine rings is 2. The summed E-state index contributed by atoms with van der Waals surface area (Å²) in [7, 11) is 2.32. The van der Waals surface area contributed by atoms with Crippen molar-refractivity contribution in [1.82, 2.24) is 15.2 Å². The van der Waals surface area contributed by atoms with Crippen molar-refractivity contribution >= 4 is 0 Å². The molecule has 3 nitrogen and oxygen atoms in total. The molecule has 94 valence electrons. The quantitative estimate of drug-likeness (QED) is 0.838. The van der Waals surface area contributed by atoms with Crippen LogP contribution in [0.2, 0.25) is 0 Å². The van der Waals surface area contributed by atoms with E-state index in [-0.39, 0.29) is 0 Å². The predicted molar refractivity (Wildman–Crippen MR) is 69.8 cm³/mol. The van der Waals surface area contributed by atoms with Crippen molar-refractivity contribution < 1.29 is 0 Å². The summed E-state index contributed by atoms with van der Waals surface area (Å²) in [4.78, 5) is 5.88. The Balaban J connectivity index is 1.55. The van der Waals surface area contributed by atoms with E-state index in [2.05, 4.69) is 34.4 Å². The van der Waals surface area contributed by atoms with Crippen molar-refractivity contribution in [2.24, 2.45) is 0 Å². The fraction of sp³-hybridized carbons (Fsp3) is 0.714. The summed E-state index contributed by atoms with van der Waals surface area (Å²) in [5.74, 6) is 0. The van der Waals surface area contributed by atoms with E-state index >= 15 is 0 Å². The van der Waals surface area contributed by atoms with Gasteiger partial charge in [-0.05, 0) is 44.9 Å². The number of fused-ring (bicyclic) bond motifs is 2. The summed E-state index contributed by atoms with van der Waals surface area (Å²) in [6.45, 7) is 0.987. The average Bonchev–Trinajstić information content (AvgIpc) is 2.79. The minimum Gasteiger partial charge on any atom is -0.364 e. The molecule has 0 spiro atoms. The van der Waals surface area contributed by atoms with Gasteiger partial charge in [-0.15, -0.1) is 0 Å². The fourth-order valence-corrected chi connectivity index (χ4v) is 3.51. The lowest BCUT2D eigenvalue weighted by atomic mass is 9.82. The Labute approximate surface area is 104 Å². The number of rotatable bonds is 3. The Morgan fingerprint density at radius 1 is 1.35 bits per heavy atom. The third-order valence-corrected chi connectivity index (χ3v) is 4.58. The maximum atomic E-state index is 3.72. The van der Waals surface area contributed by atoms with Crippen LogP contribution in [0, 0.1) is 0 Å². The highest BCUT2D eigenvalue weighted by Gasteiger charge is 2.35. The van der Waals surface area contributed by atoms with Crippen LogP contribution in [0.25, 0.3) is 0 Å². The molecule has 2 aliphatic rings. The van der Waals surface area contributed by atoms with E-state index in [9.17, 15) is 0 Å². The van der Waals surface area contributed by atoms with Gasteiger partial charge in [-0.3, -0.25) is 0 Å². The average molecular weight is 233 g/mol. The maximum Gasteiger partial charge on any atom is 0.0359 e. The zero-order valence-corrected chi connectivity index (χ0v) is 10.7. The van der Waals surface area contributed by atoms with Gasteiger partial charge in [0.1, 0.15) is 0 Å². The van der Waals surface area contributed by atoms with Gasteiger partial charge in [-0.25, -0.2) is 0 Å². The van der Waals surface area contributed by atoms with Gasteiger partial charge in [0.05, 0.1) is 0 Å². The fourth-order valence-electron chi connectivity index (χ4n) is 3.51. The topological polar surface area (TPSA) is 31.1 Å². The SMILES string of the molecule is CN1C2CCCC1CC(NCc1ccc[nH]1)C2. The minimum atomic E-state index is 0.713. The highest BCUT2D eigenvalue weighted by Crippen LogP contribution is 2.32. The van der Waals surface area contributed by atoms with Gasteiger partial charge in [0.25, 0.3) is 0 Å². The van der Waals surface area contributed by atoms with Crippen molar-refractivity contribution in [2.75, 3.05) is 7.05 Å². The predicted octanol–water partition coefficient (Wildman–Crippen LogP) is 2.12. The molecule has 17 heavy (non-hydrogen) atoms. The number of aromatic amines is 1. The van der Waals surface area contributed by atoms with Crippen molar-refractivity contribution in [3.05, 3.63) is 24.0 Å². The van der Waals surface area contributed by atoms with Crippen LogP contribution in [0.4, 0.5) is 0 Å². The molecule has 2 bridgehead atoms. The highest BCUT2D eigenvalue weighted by molar-refractivity contribution is 5.04. The molecule has 3 rings (SSSR count). The number of H-pyrrole nitrogens is 1. The van der Waals surface area contributed by atoms with Crippen LogP contribution in [-0.4, -0.2) is 35.1 Å². The first-order chi connectivity index (χ1) is 8.33. The van der Waals surface area contributed by atoms with E-state index in [1.54, 1.807) is 0 Å². The summed E-state index contributed by atoms with van der Waals surface area (Å²) >= 11 is 0. The Morgan fingerprint density at radius 2 is 2.12 bits per heavy atom. The van der Waals surface area contributed by atoms with Gasteiger partial charge < -0.3 is 15.2 Å². The van der Waals surface area contributed by atoms with Crippen LogP contribution in [0.3, 0.4) is 0 Å². The first-order valence-corrected chi connectivity index (χ1v) is 6.90. The summed E-state index contributed by atoms with van der Waals surface area (Å²) in [5, 5.41) is 3.72. The van der Waals surface area contributed by atoms with Gasteiger partial charge in [0, 0.05) is 36.6 Å². The number of hydrogen-bond acceptors (Lipinski definition) is 2. The molecule has 2 aliphatic heterocycles. The molecule has 3 heterocycles. The van der Waals surface area contributed by atoms with E-state index in [4.69, 9.17) is 0 Å². The van der Waals surface area contributed by atoms with Gasteiger partial charge in [0.2, 0.25) is 0 Å². The third-order valence-electron chi connectivity index (χ3n) is 4.58. The van der Waals surface area contributed by atoms with E-state index in [1.807, 2.05) is 6.20 Å². The second-order valence-electron chi connectivity index (χ2n) is 5.65. The van der Waals surface area contributed by atoms with Crippen molar-refractivity contribution in [3.8, 4) is 0 Å². The highest BCUT2D eigenvalue weighted by atomic mass is 15.2. The van der Waals surface area contributed by atoms with Crippen LogP contribution in [0.15, 0.2) is 18.3 Å². The van der Waals surface area contributed by atoms with Crippen LogP contribution >= 0.6 is 0 Å². The van der Waals surface area contributed by atoms with Gasteiger partial charge in [-0.1, -0.05) is 6.42 Å². The molecule has 2 atom stereocenters. The number of hydrogen-bond donors (Lipinski definition) is 2. The number of aromatic nitrogens is 1. The van der Waals surface area contributed by atoms with E-state index in [1.165, 1.54) is 37.8 Å². The summed E-state index contributed by atoms with van der Waals surface area (Å²) in [6.07, 6.45) is 8.88. The van der Waals surface area contributed by atoms with Crippen LogP contribution in [0.5, 0.6) is 0 Å². The van der Waals surface area contributed by atoms with Crippen molar-refractivity contribution in [3.63, 3.8) is 0 Å². The monoisotopic (exact) mass is 233 g/mol. The standard InChI is InChI=1S/C14H23N3/c1-17-13-5-2-6-14(17)9-12(8-13)16-10-11-4-3-7-15-11/h3-4,7,12-16H,2,5-6,8-10H2,1H3. The Hall–Kier alpha value is -0.800. The zero-order chi connectivity index (χ0) is 11.7. The second-order valence-corrected chi connectivity index (χ2v) is 5.65. The van der Waals surface area contributed by atoms with Gasteiger partial charge in [-0.2, -0.15) is 0 Å². The lowest BCUT2D eigenvalue weighted by Crippen LogP contribution is -2.54. The first-order valence-electron chi connectivity index (χ1n) is 6.90. The lowest BCUT2D eigenvalue weighted by molar-refractivity contribution is 0.0482. The molecule has 2 saturated heterocycles. The molecular weight excluding hydrogens is 210 g/mol. The van der Waals surface area contributed by atoms with Crippen LogP contribution in [0.1, 0.15) is 37.8 Å². The molecule has 0 aliphatic carbocycles. The maximum absolute atomic E-state index is 3.72. The molecule has 1 aromatic heterocycles. The summed E-state index contributed by atoms with van der Waals surface area (Å²) in [6, 6.07) is 6.58. The molecule has 2 unspecified atom stereocenters. The molecule has 2 fully saturated rings. The van der Waals surface area contributed by atoms with Crippen LogP contribution in [-0.2, 0) is 6.54 Å². The van der Waals surface area contributed by atoms with Gasteiger partial charge >= 0.3 is 0 Å². The molecule has 0 saturated carbocycles. The molecule has 3 heteroatoms. The lowest BCUT2D eigenvalue weighted by Gasteiger charge is -2.47. The van der Waals surface area contributed by atoms with Crippen molar-refractivity contribution in [2.45, 2.75) is 56.8 Å². The summed E-state index contributed by atoms with van der Waals surface area (Å²) in [5.41, 5.74) is 1.30. The summed E-state index contributed by atoms with van der Waals surface area (Å²) < 4.78 is 0. The van der Waals surface area contributed by atoms with Crippen molar-refractivity contribution in [1.29, 1.82) is 0 Å². The molecular formula is C14H23N3. The first kappa shape index (κ1) is 11.3. The van der Waals surface area contributed by atoms with E-state index in [0.29, 0.717) is 6.04 Å². The zero-order valence-electron chi connectivity index (χ0n) is 10.7. The second kappa shape index (κ2) is 4.83. The molecule has 0 radical (unpaired) electrons. The van der Waals surface area contributed by atoms with E-state index < -0.39 is 0 Å².